The molecule has 0 spiro atoms. The highest BCUT2D eigenvalue weighted by Crippen LogP contribution is 2.15. The molecule has 0 saturated carbocycles. The van der Waals surface area contributed by atoms with Crippen molar-refractivity contribution in [2.75, 3.05) is 11.9 Å². The van der Waals surface area contributed by atoms with Gasteiger partial charge in [0.2, 0.25) is 0 Å². The Labute approximate surface area is 103 Å². The van der Waals surface area contributed by atoms with Gasteiger partial charge in [-0.2, -0.15) is 0 Å². The molecule has 2 aromatic carbocycles. The van der Waals surface area contributed by atoms with Gasteiger partial charge in [0.1, 0.15) is 0 Å². The van der Waals surface area contributed by atoms with E-state index >= 15 is 0 Å². The molecule has 0 radical (unpaired) electrons. The third-order valence-corrected chi connectivity index (χ3v) is 2.97. The van der Waals surface area contributed by atoms with Crippen molar-refractivity contribution in [3.05, 3.63) is 65.7 Å². The maximum Gasteiger partial charge on any atom is 0.0372 e. The molecule has 0 atom stereocenters. The molecule has 1 heteroatoms. The van der Waals surface area contributed by atoms with Crippen molar-refractivity contribution in [2.45, 2.75) is 19.8 Å². The fourth-order valence-corrected chi connectivity index (χ4v) is 1.99. The Morgan fingerprint density at radius 1 is 0.882 bits per heavy atom. The third kappa shape index (κ3) is 3.35. The van der Waals surface area contributed by atoms with Crippen LogP contribution in [0.1, 0.15) is 18.1 Å². The quantitative estimate of drug-likeness (QED) is 0.813. The summed E-state index contributed by atoms with van der Waals surface area (Å²) in [5, 5.41) is 3.51. The van der Waals surface area contributed by atoms with Crippen molar-refractivity contribution >= 4 is 5.69 Å². The van der Waals surface area contributed by atoms with Crippen molar-refractivity contribution in [1.29, 1.82) is 0 Å². The monoisotopic (exact) mass is 225 g/mol. The molecule has 0 fully saturated rings. The second-order valence-corrected chi connectivity index (χ2v) is 4.17. The fourth-order valence-electron chi connectivity index (χ4n) is 1.99. The van der Waals surface area contributed by atoms with Crippen molar-refractivity contribution in [1.82, 2.24) is 0 Å². The number of rotatable bonds is 5. The minimum atomic E-state index is 0.987. The summed E-state index contributed by atoms with van der Waals surface area (Å²) in [4.78, 5) is 0. The van der Waals surface area contributed by atoms with E-state index in [1.807, 2.05) is 0 Å². The van der Waals surface area contributed by atoms with Crippen LogP contribution in [0.4, 0.5) is 5.69 Å². The van der Waals surface area contributed by atoms with Gasteiger partial charge >= 0.3 is 0 Å². The molecule has 2 aromatic rings. The first-order chi connectivity index (χ1) is 8.40. The van der Waals surface area contributed by atoms with Crippen LogP contribution in [0.5, 0.6) is 0 Å². The average Bonchev–Trinajstić information content (AvgIpc) is 2.40. The Morgan fingerprint density at radius 2 is 1.59 bits per heavy atom. The Balaban J connectivity index is 1.90. The van der Waals surface area contributed by atoms with E-state index in [1.54, 1.807) is 0 Å². The van der Waals surface area contributed by atoms with E-state index in [1.165, 1.54) is 16.8 Å². The summed E-state index contributed by atoms with van der Waals surface area (Å²) in [7, 11) is 0. The van der Waals surface area contributed by atoms with Crippen molar-refractivity contribution in [3.63, 3.8) is 0 Å². The summed E-state index contributed by atoms with van der Waals surface area (Å²) in [5.74, 6) is 0. The van der Waals surface area contributed by atoms with E-state index in [4.69, 9.17) is 0 Å². The summed E-state index contributed by atoms with van der Waals surface area (Å²) in [6.07, 6.45) is 2.15. The van der Waals surface area contributed by atoms with Gasteiger partial charge < -0.3 is 5.32 Å². The Bertz CT molecular complexity index is 448. The lowest BCUT2D eigenvalue weighted by molar-refractivity contribution is 1.01. The zero-order valence-corrected chi connectivity index (χ0v) is 10.3. The summed E-state index contributed by atoms with van der Waals surface area (Å²) < 4.78 is 0. The molecule has 0 amide bonds. The van der Waals surface area contributed by atoms with E-state index < -0.39 is 0 Å². The van der Waals surface area contributed by atoms with Crippen LogP contribution in [0.2, 0.25) is 0 Å². The molecular weight excluding hydrogens is 206 g/mol. The molecule has 17 heavy (non-hydrogen) atoms. The molecular formula is C16H19N. The summed E-state index contributed by atoms with van der Waals surface area (Å²) >= 11 is 0. The summed E-state index contributed by atoms with van der Waals surface area (Å²) in [5.41, 5.74) is 4.04. The van der Waals surface area contributed by atoms with Crippen LogP contribution in [-0.2, 0) is 12.8 Å². The van der Waals surface area contributed by atoms with Crippen molar-refractivity contribution in [2.24, 2.45) is 0 Å². The minimum Gasteiger partial charge on any atom is -0.384 e. The maximum atomic E-state index is 3.51. The van der Waals surface area contributed by atoms with E-state index in [-0.39, 0.29) is 0 Å². The Hall–Kier alpha value is -1.76. The standard InChI is InChI=1S/C16H19N/c1-2-15-10-6-7-11-16(15)17-13-12-14-8-4-3-5-9-14/h3-11,17H,2,12-13H2,1H3. The van der Waals surface area contributed by atoms with E-state index in [2.05, 4.69) is 66.8 Å². The zero-order chi connectivity index (χ0) is 11.9. The zero-order valence-electron chi connectivity index (χ0n) is 10.3. The molecule has 0 bridgehead atoms. The highest BCUT2D eigenvalue weighted by Gasteiger charge is 1.98. The summed E-state index contributed by atoms with van der Waals surface area (Å²) in [6, 6.07) is 19.1. The second-order valence-electron chi connectivity index (χ2n) is 4.17. The van der Waals surface area contributed by atoms with Crippen LogP contribution in [-0.4, -0.2) is 6.54 Å². The van der Waals surface area contributed by atoms with Gasteiger partial charge in [0.15, 0.2) is 0 Å². The lowest BCUT2D eigenvalue weighted by atomic mass is 10.1. The van der Waals surface area contributed by atoms with E-state index in [0.717, 1.165) is 19.4 Å². The van der Waals surface area contributed by atoms with E-state index in [9.17, 15) is 0 Å². The molecule has 0 heterocycles. The first-order valence-electron chi connectivity index (χ1n) is 6.26. The van der Waals surface area contributed by atoms with Gasteiger partial charge in [0.05, 0.1) is 0 Å². The lowest BCUT2D eigenvalue weighted by Crippen LogP contribution is -2.06. The number of anilines is 1. The number of para-hydroxylation sites is 1. The van der Waals surface area contributed by atoms with Gasteiger partial charge in [-0.1, -0.05) is 55.5 Å². The fraction of sp³-hybridized carbons (Fsp3) is 0.250. The maximum absolute atomic E-state index is 3.51. The predicted octanol–water partition coefficient (Wildman–Crippen LogP) is 3.90. The SMILES string of the molecule is CCc1ccccc1NCCc1ccccc1. The van der Waals surface area contributed by atoms with Crippen molar-refractivity contribution in [3.8, 4) is 0 Å². The first-order valence-corrected chi connectivity index (χ1v) is 6.26. The highest BCUT2D eigenvalue weighted by atomic mass is 14.9. The topological polar surface area (TPSA) is 12.0 Å². The molecule has 88 valence electrons. The first kappa shape index (κ1) is 11.7. The van der Waals surface area contributed by atoms with Crippen LogP contribution in [0, 0.1) is 0 Å². The van der Waals surface area contributed by atoms with Gasteiger partial charge in [0, 0.05) is 12.2 Å². The molecule has 0 aliphatic carbocycles. The van der Waals surface area contributed by atoms with E-state index in [0.29, 0.717) is 0 Å². The largest absolute Gasteiger partial charge is 0.384 e. The third-order valence-electron chi connectivity index (χ3n) is 2.97. The Kier molecular flexibility index (Phi) is 4.20. The molecule has 2 rings (SSSR count). The number of aryl methyl sites for hydroxylation is 1. The number of hydrogen-bond acceptors (Lipinski definition) is 1. The predicted molar refractivity (Wildman–Crippen MR) is 74.5 cm³/mol. The van der Waals surface area contributed by atoms with Gasteiger partial charge in [-0.25, -0.2) is 0 Å². The molecule has 0 aliphatic rings. The number of nitrogens with one attached hydrogen (secondary N) is 1. The van der Waals surface area contributed by atoms with Crippen LogP contribution < -0.4 is 5.32 Å². The summed E-state index contributed by atoms with van der Waals surface area (Å²) in [6.45, 7) is 3.18. The molecule has 1 N–H and O–H groups in total. The smallest absolute Gasteiger partial charge is 0.0372 e. The normalized spacial score (nSPS) is 10.2. The second kappa shape index (κ2) is 6.09. The molecule has 0 aliphatic heterocycles. The highest BCUT2D eigenvalue weighted by molar-refractivity contribution is 5.51. The number of benzene rings is 2. The number of hydrogen-bond donors (Lipinski definition) is 1. The van der Waals surface area contributed by atoms with Crippen molar-refractivity contribution < 1.29 is 0 Å². The van der Waals surface area contributed by atoms with Crippen LogP contribution in [0.15, 0.2) is 54.6 Å². The van der Waals surface area contributed by atoms with Gasteiger partial charge in [-0.05, 0) is 30.0 Å². The minimum absolute atomic E-state index is 0.987. The van der Waals surface area contributed by atoms with Crippen LogP contribution in [0.25, 0.3) is 0 Å². The van der Waals surface area contributed by atoms with Gasteiger partial charge in [-0.15, -0.1) is 0 Å². The molecule has 0 unspecified atom stereocenters. The van der Waals surface area contributed by atoms with Crippen LogP contribution in [0.3, 0.4) is 0 Å². The van der Waals surface area contributed by atoms with Crippen LogP contribution >= 0.6 is 0 Å². The Morgan fingerprint density at radius 3 is 2.35 bits per heavy atom. The molecule has 0 aromatic heterocycles. The van der Waals surface area contributed by atoms with Gasteiger partial charge in [0.25, 0.3) is 0 Å². The molecule has 0 saturated heterocycles. The molecule has 1 nitrogen and oxygen atoms in total. The average molecular weight is 225 g/mol. The van der Waals surface area contributed by atoms with Gasteiger partial charge in [-0.3, -0.25) is 0 Å². The lowest BCUT2D eigenvalue weighted by Gasteiger charge is -2.10.